The van der Waals surface area contributed by atoms with Crippen LogP contribution in [0.2, 0.25) is 0 Å². The highest BCUT2D eigenvalue weighted by atomic mass is 16.4. The van der Waals surface area contributed by atoms with Crippen LogP contribution in [-0.2, 0) is 9.59 Å². The van der Waals surface area contributed by atoms with Crippen molar-refractivity contribution in [2.75, 3.05) is 0 Å². The molecule has 54 valence electrons. The molecular weight excluding hydrogens is 138 g/mol. The van der Waals surface area contributed by atoms with Crippen molar-refractivity contribution < 1.29 is 14.7 Å². The van der Waals surface area contributed by atoms with Crippen LogP contribution in [0.3, 0.4) is 0 Å². The summed E-state index contributed by atoms with van der Waals surface area (Å²) < 4.78 is 0. The molecular formula is C4H5N3O3. The first kappa shape index (κ1) is 8.28. The summed E-state index contributed by atoms with van der Waals surface area (Å²) in [5.41, 5.74) is -1.48. The molecule has 0 rings (SSSR count). The molecule has 0 aromatic carbocycles. The number of carbonyl (C=O) groups is 2. The van der Waals surface area contributed by atoms with Crippen LogP contribution in [0.4, 0.5) is 0 Å². The number of hydrogen-bond acceptors (Lipinski definition) is 5. The van der Waals surface area contributed by atoms with Gasteiger partial charge in [-0.2, -0.15) is 5.10 Å². The molecule has 0 saturated carbocycles. The number of rotatable bonds is 3. The lowest BCUT2D eigenvalue weighted by molar-refractivity contribution is -0.129. The van der Waals surface area contributed by atoms with Crippen LogP contribution in [0.1, 0.15) is 0 Å². The Hall–Kier alpha value is -1.72. The number of carbonyl (C=O) groups excluding carboxylic acids is 1. The van der Waals surface area contributed by atoms with Crippen LogP contribution >= 0.6 is 0 Å². The second kappa shape index (κ2) is 3.33. The number of hydrogen-bond donors (Lipinski definition) is 3. The number of hydrazone groups is 1. The van der Waals surface area contributed by atoms with E-state index in [0.29, 0.717) is 0 Å². The predicted octanol–water partition coefficient (Wildman–Crippen LogP) is -1.40. The van der Waals surface area contributed by atoms with Gasteiger partial charge in [0, 0.05) is 0 Å². The Balaban J connectivity index is 4.48. The average Bonchev–Trinajstić information content (AvgIpc) is 1.90. The number of aliphatic carboxylic acids is 1. The van der Waals surface area contributed by atoms with Crippen molar-refractivity contribution in [2.45, 2.75) is 0 Å². The van der Waals surface area contributed by atoms with Gasteiger partial charge < -0.3 is 10.9 Å². The molecule has 0 bridgehead atoms. The first-order chi connectivity index (χ1) is 4.63. The second-order valence-electron chi connectivity index (χ2n) is 1.31. The quantitative estimate of drug-likeness (QED) is 0.195. The SMILES string of the molecule is N=C(C(=O)O)C(C=O)=NN. The molecule has 0 aromatic rings. The molecule has 0 aliphatic carbocycles. The largest absolute Gasteiger partial charge is 0.476 e. The Morgan fingerprint density at radius 1 is 1.70 bits per heavy atom. The van der Waals surface area contributed by atoms with Gasteiger partial charge in [-0.15, -0.1) is 0 Å². The lowest BCUT2D eigenvalue weighted by Crippen LogP contribution is -2.24. The predicted molar refractivity (Wildman–Crippen MR) is 33.0 cm³/mol. The molecule has 0 aliphatic rings. The minimum atomic E-state index is -1.53. The highest BCUT2D eigenvalue weighted by Crippen LogP contribution is 1.76. The van der Waals surface area contributed by atoms with Crippen molar-refractivity contribution in [3.8, 4) is 0 Å². The van der Waals surface area contributed by atoms with Crippen LogP contribution in [0.15, 0.2) is 5.10 Å². The number of nitrogens with one attached hydrogen (secondary N) is 1. The molecule has 0 heterocycles. The summed E-state index contributed by atoms with van der Waals surface area (Å²) >= 11 is 0. The Labute approximate surface area is 55.8 Å². The van der Waals surface area contributed by atoms with Crippen LogP contribution in [0, 0.1) is 5.41 Å². The van der Waals surface area contributed by atoms with Crippen LogP contribution in [0.5, 0.6) is 0 Å². The molecule has 0 saturated heterocycles. The van der Waals surface area contributed by atoms with Gasteiger partial charge in [0.2, 0.25) is 0 Å². The summed E-state index contributed by atoms with van der Waals surface area (Å²) in [6.07, 6.45) is 0.108. The highest BCUT2D eigenvalue weighted by Gasteiger charge is 2.12. The fourth-order valence-electron chi connectivity index (χ4n) is 0.263. The van der Waals surface area contributed by atoms with Gasteiger partial charge in [-0.05, 0) is 0 Å². The second-order valence-corrected chi connectivity index (χ2v) is 1.31. The number of nitrogens with zero attached hydrogens (tertiary/aromatic N) is 1. The van der Waals surface area contributed by atoms with E-state index in [9.17, 15) is 9.59 Å². The molecule has 4 N–H and O–H groups in total. The fourth-order valence-corrected chi connectivity index (χ4v) is 0.263. The maximum absolute atomic E-state index is 9.94. The van der Waals surface area contributed by atoms with E-state index in [0.717, 1.165) is 0 Å². The van der Waals surface area contributed by atoms with E-state index in [1.165, 1.54) is 0 Å². The molecule has 0 unspecified atom stereocenters. The zero-order valence-electron chi connectivity index (χ0n) is 4.87. The molecule has 0 aliphatic heterocycles. The smallest absolute Gasteiger partial charge is 0.356 e. The number of carboxylic acids is 1. The molecule has 10 heavy (non-hydrogen) atoms. The van der Waals surface area contributed by atoms with Gasteiger partial charge >= 0.3 is 5.97 Å². The Morgan fingerprint density at radius 3 is 2.30 bits per heavy atom. The van der Waals surface area contributed by atoms with Gasteiger partial charge in [-0.1, -0.05) is 0 Å². The Morgan fingerprint density at radius 2 is 2.20 bits per heavy atom. The molecule has 0 amide bonds. The number of carboxylic acid groups (broad SMARTS) is 1. The van der Waals surface area contributed by atoms with E-state index >= 15 is 0 Å². The number of aldehydes is 1. The Kier molecular flexibility index (Phi) is 2.76. The van der Waals surface area contributed by atoms with Crippen molar-refractivity contribution in [2.24, 2.45) is 10.9 Å². The standard InChI is InChI=1S/C4H5N3O3/c5-3(4(9)10)2(1-8)7-6/h1,5H,6H2,(H,9,10). The van der Waals surface area contributed by atoms with Crippen molar-refractivity contribution >= 4 is 23.7 Å². The van der Waals surface area contributed by atoms with Crippen LogP contribution in [-0.4, -0.2) is 28.8 Å². The van der Waals surface area contributed by atoms with Crippen molar-refractivity contribution in [3.63, 3.8) is 0 Å². The minimum Gasteiger partial charge on any atom is -0.476 e. The average molecular weight is 143 g/mol. The van der Waals surface area contributed by atoms with Gasteiger partial charge in [0.05, 0.1) is 0 Å². The minimum absolute atomic E-state index is 0.108. The molecule has 6 heteroatoms. The van der Waals surface area contributed by atoms with Gasteiger partial charge in [0.25, 0.3) is 0 Å². The van der Waals surface area contributed by atoms with Gasteiger partial charge in [-0.3, -0.25) is 10.2 Å². The normalized spacial score (nSPS) is 10.6. The molecule has 0 aromatic heterocycles. The molecule has 0 spiro atoms. The van der Waals surface area contributed by atoms with Gasteiger partial charge in [0.15, 0.2) is 17.7 Å². The highest BCUT2D eigenvalue weighted by molar-refractivity contribution is 6.75. The summed E-state index contributed by atoms with van der Waals surface area (Å²) in [5, 5.41) is 17.5. The first-order valence-electron chi connectivity index (χ1n) is 2.18. The number of nitrogens with two attached hydrogens (primary N) is 1. The van der Waals surface area contributed by atoms with E-state index in [1.54, 1.807) is 0 Å². The van der Waals surface area contributed by atoms with E-state index < -0.39 is 17.4 Å². The monoisotopic (exact) mass is 143 g/mol. The molecule has 6 nitrogen and oxygen atoms in total. The van der Waals surface area contributed by atoms with Gasteiger partial charge in [0.1, 0.15) is 0 Å². The lowest BCUT2D eigenvalue weighted by atomic mass is 10.2. The van der Waals surface area contributed by atoms with E-state index in [-0.39, 0.29) is 6.29 Å². The van der Waals surface area contributed by atoms with E-state index in [1.807, 2.05) is 0 Å². The summed E-state index contributed by atoms with van der Waals surface area (Å²) in [4.78, 5) is 19.8. The van der Waals surface area contributed by atoms with Crippen molar-refractivity contribution in [1.82, 2.24) is 0 Å². The maximum atomic E-state index is 9.94. The summed E-state index contributed by atoms with van der Waals surface area (Å²) in [5.74, 6) is 3.04. The van der Waals surface area contributed by atoms with Crippen LogP contribution < -0.4 is 5.84 Å². The first-order valence-corrected chi connectivity index (χ1v) is 2.18. The summed E-state index contributed by atoms with van der Waals surface area (Å²) in [6, 6.07) is 0. The third-order valence-electron chi connectivity index (χ3n) is 0.721. The zero-order chi connectivity index (χ0) is 8.15. The fraction of sp³-hybridized carbons (Fsp3) is 0. The molecule has 0 atom stereocenters. The zero-order valence-corrected chi connectivity index (χ0v) is 4.87. The summed E-state index contributed by atoms with van der Waals surface area (Å²) in [6.45, 7) is 0. The Bertz CT molecular complexity index is 208. The molecule has 0 radical (unpaired) electrons. The third kappa shape index (κ3) is 1.66. The van der Waals surface area contributed by atoms with E-state index in [4.69, 9.17) is 10.5 Å². The van der Waals surface area contributed by atoms with Crippen molar-refractivity contribution in [3.05, 3.63) is 0 Å². The summed E-state index contributed by atoms with van der Waals surface area (Å²) in [7, 11) is 0. The van der Waals surface area contributed by atoms with Crippen LogP contribution in [0.25, 0.3) is 0 Å². The lowest BCUT2D eigenvalue weighted by Gasteiger charge is -1.90. The third-order valence-corrected chi connectivity index (χ3v) is 0.721. The van der Waals surface area contributed by atoms with Crippen molar-refractivity contribution in [1.29, 1.82) is 5.41 Å². The molecule has 0 fully saturated rings. The maximum Gasteiger partial charge on any atom is 0.356 e. The van der Waals surface area contributed by atoms with Gasteiger partial charge in [-0.25, -0.2) is 4.79 Å². The topological polar surface area (TPSA) is 117 Å². The van der Waals surface area contributed by atoms with E-state index in [2.05, 4.69) is 10.9 Å².